The average molecular weight is 334 g/mol. The minimum absolute atomic E-state index is 0.0116. The van der Waals surface area contributed by atoms with E-state index in [1.54, 1.807) is 0 Å². The highest BCUT2D eigenvalue weighted by Crippen LogP contribution is 2.20. The lowest BCUT2D eigenvalue weighted by Crippen LogP contribution is -2.17. The summed E-state index contributed by atoms with van der Waals surface area (Å²) >= 11 is 0. The van der Waals surface area contributed by atoms with Crippen LogP contribution in [0.15, 0.2) is 29.3 Å². The highest BCUT2D eigenvalue weighted by Gasteiger charge is 2.25. The third-order valence-corrected chi connectivity index (χ3v) is 4.46. The summed E-state index contributed by atoms with van der Waals surface area (Å²) in [6, 6.07) is 0. The van der Waals surface area contributed by atoms with Gasteiger partial charge in [0.25, 0.3) is 0 Å². The molecule has 0 aliphatic carbocycles. The van der Waals surface area contributed by atoms with E-state index in [0.29, 0.717) is 0 Å². The summed E-state index contributed by atoms with van der Waals surface area (Å²) in [6.07, 6.45) is 24.6. The Hall–Kier alpha value is -1.05. The summed E-state index contributed by atoms with van der Waals surface area (Å²) in [5.41, 5.74) is 0.0116. The minimum Gasteiger partial charge on any atom is -0.478 e. The summed E-state index contributed by atoms with van der Waals surface area (Å²) in [7, 11) is 0. The van der Waals surface area contributed by atoms with Crippen molar-refractivity contribution in [2.24, 2.45) is 4.99 Å². The Morgan fingerprint density at radius 1 is 0.875 bits per heavy atom. The van der Waals surface area contributed by atoms with Crippen LogP contribution in [-0.4, -0.2) is 18.0 Å². The second kappa shape index (κ2) is 13.3. The number of rotatable bonds is 14. The molecular weight excluding hydrogens is 294 g/mol. The van der Waals surface area contributed by atoms with Crippen molar-refractivity contribution in [2.75, 3.05) is 6.61 Å². The minimum atomic E-state index is 0.0116. The molecule has 0 saturated carbocycles. The van der Waals surface area contributed by atoms with Gasteiger partial charge in [-0.1, -0.05) is 69.2 Å². The monoisotopic (exact) mass is 333 g/mol. The van der Waals surface area contributed by atoms with Gasteiger partial charge in [-0.2, -0.15) is 0 Å². The molecule has 0 N–H and O–H groups in total. The summed E-state index contributed by atoms with van der Waals surface area (Å²) in [5.74, 6) is 0.986. The van der Waals surface area contributed by atoms with Gasteiger partial charge in [0.1, 0.15) is 6.61 Å². The maximum absolute atomic E-state index is 5.63. The van der Waals surface area contributed by atoms with Crippen LogP contribution in [0, 0.1) is 0 Å². The van der Waals surface area contributed by atoms with Crippen molar-refractivity contribution < 1.29 is 4.74 Å². The van der Waals surface area contributed by atoms with Gasteiger partial charge in [-0.25, -0.2) is 4.99 Å². The molecule has 0 unspecified atom stereocenters. The van der Waals surface area contributed by atoms with Gasteiger partial charge in [0.05, 0.1) is 5.54 Å². The number of aliphatic imine (C=N–C) groups is 1. The van der Waals surface area contributed by atoms with Gasteiger partial charge >= 0.3 is 0 Å². The molecule has 138 valence electrons. The Kier molecular flexibility index (Phi) is 11.6. The molecule has 1 rings (SSSR count). The fourth-order valence-corrected chi connectivity index (χ4v) is 2.99. The Bertz CT molecular complexity index is 393. The molecule has 1 aliphatic rings. The smallest absolute Gasteiger partial charge is 0.183 e. The van der Waals surface area contributed by atoms with Crippen LogP contribution in [0.2, 0.25) is 0 Å². The van der Waals surface area contributed by atoms with Gasteiger partial charge in [-0.3, -0.25) is 0 Å². The van der Waals surface area contributed by atoms with Crippen LogP contribution < -0.4 is 0 Å². The number of nitrogens with zero attached hydrogens (tertiary/aromatic N) is 1. The first-order valence-corrected chi connectivity index (χ1v) is 10.1. The summed E-state index contributed by atoms with van der Waals surface area (Å²) in [4.78, 5) is 4.61. The van der Waals surface area contributed by atoms with E-state index in [9.17, 15) is 0 Å². The van der Waals surface area contributed by atoms with Gasteiger partial charge in [0, 0.05) is 6.42 Å². The summed E-state index contributed by atoms with van der Waals surface area (Å²) < 4.78 is 5.63. The van der Waals surface area contributed by atoms with E-state index in [0.717, 1.165) is 25.3 Å². The molecule has 0 amide bonds. The van der Waals surface area contributed by atoms with Crippen molar-refractivity contribution in [2.45, 2.75) is 103 Å². The molecule has 0 spiro atoms. The van der Waals surface area contributed by atoms with E-state index < -0.39 is 0 Å². The molecule has 1 aliphatic heterocycles. The standard InChI is InChI=1S/C22H39NO/c1-4-5-6-7-8-9-10-11-12-13-14-15-16-17-18-19-21-23-22(2,3)20-24-21/h4-5,7-8H,6,9-20H2,1-3H3/b5-4-,8-7-. The number of hydrogen-bond acceptors (Lipinski definition) is 2. The Morgan fingerprint density at radius 2 is 1.50 bits per heavy atom. The third-order valence-electron chi connectivity index (χ3n) is 4.46. The molecule has 0 atom stereocenters. The van der Waals surface area contributed by atoms with Crippen molar-refractivity contribution in [3.05, 3.63) is 24.3 Å². The van der Waals surface area contributed by atoms with Crippen LogP contribution in [0.1, 0.15) is 97.8 Å². The maximum atomic E-state index is 5.63. The molecule has 0 saturated heterocycles. The molecule has 0 radical (unpaired) electrons. The van der Waals surface area contributed by atoms with Crippen LogP contribution in [0.4, 0.5) is 0 Å². The zero-order valence-corrected chi connectivity index (χ0v) is 16.4. The molecule has 0 fully saturated rings. The molecule has 1 heterocycles. The molecule has 0 aromatic heterocycles. The molecule has 24 heavy (non-hydrogen) atoms. The van der Waals surface area contributed by atoms with E-state index >= 15 is 0 Å². The van der Waals surface area contributed by atoms with E-state index in [1.807, 2.05) is 0 Å². The van der Waals surface area contributed by atoms with Crippen molar-refractivity contribution in [1.82, 2.24) is 0 Å². The fraction of sp³-hybridized carbons (Fsp3) is 0.773. The van der Waals surface area contributed by atoms with Crippen LogP contribution in [-0.2, 0) is 4.74 Å². The predicted molar refractivity (Wildman–Crippen MR) is 107 cm³/mol. The first-order chi connectivity index (χ1) is 11.6. The number of hydrogen-bond donors (Lipinski definition) is 0. The number of unbranched alkanes of at least 4 members (excludes halogenated alkanes) is 9. The van der Waals surface area contributed by atoms with Gasteiger partial charge in [-0.05, 0) is 46.5 Å². The molecule has 0 aromatic carbocycles. The van der Waals surface area contributed by atoms with Crippen molar-refractivity contribution >= 4 is 5.90 Å². The fourth-order valence-electron chi connectivity index (χ4n) is 2.99. The van der Waals surface area contributed by atoms with Gasteiger partial charge in [0.15, 0.2) is 5.90 Å². The lowest BCUT2D eigenvalue weighted by molar-refractivity contribution is 0.273. The lowest BCUT2D eigenvalue weighted by Gasteiger charge is -2.07. The van der Waals surface area contributed by atoms with Gasteiger partial charge in [0.2, 0.25) is 0 Å². The summed E-state index contributed by atoms with van der Waals surface area (Å²) in [5, 5.41) is 0. The quantitative estimate of drug-likeness (QED) is 0.247. The van der Waals surface area contributed by atoms with Gasteiger partial charge in [-0.15, -0.1) is 0 Å². The van der Waals surface area contributed by atoms with Crippen LogP contribution in [0.3, 0.4) is 0 Å². The maximum Gasteiger partial charge on any atom is 0.183 e. The molecule has 2 nitrogen and oxygen atoms in total. The Morgan fingerprint density at radius 3 is 2.08 bits per heavy atom. The highest BCUT2D eigenvalue weighted by molar-refractivity contribution is 5.78. The van der Waals surface area contributed by atoms with Crippen LogP contribution in [0.25, 0.3) is 0 Å². The molecule has 2 heteroatoms. The second-order valence-corrected chi connectivity index (χ2v) is 7.60. The van der Waals surface area contributed by atoms with Crippen molar-refractivity contribution in [1.29, 1.82) is 0 Å². The zero-order chi connectivity index (χ0) is 17.5. The van der Waals surface area contributed by atoms with E-state index in [1.165, 1.54) is 64.2 Å². The lowest BCUT2D eigenvalue weighted by atomic mass is 10.1. The molecule has 0 aromatic rings. The molecule has 0 bridgehead atoms. The Balaban J connectivity index is 1.79. The third kappa shape index (κ3) is 11.5. The topological polar surface area (TPSA) is 21.6 Å². The van der Waals surface area contributed by atoms with E-state index in [4.69, 9.17) is 4.74 Å². The largest absolute Gasteiger partial charge is 0.478 e. The van der Waals surface area contributed by atoms with Crippen molar-refractivity contribution in [3.63, 3.8) is 0 Å². The van der Waals surface area contributed by atoms with E-state index in [2.05, 4.69) is 50.1 Å². The van der Waals surface area contributed by atoms with Gasteiger partial charge < -0.3 is 4.74 Å². The second-order valence-electron chi connectivity index (χ2n) is 7.60. The highest BCUT2D eigenvalue weighted by atomic mass is 16.5. The molecular formula is C22H39NO. The van der Waals surface area contributed by atoms with Crippen molar-refractivity contribution in [3.8, 4) is 0 Å². The number of allylic oxidation sites excluding steroid dienone is 4. The number of ether oxygens (including phenoxy) is 1. The SMILES string of the molecule is C/C=C\C/C=C\CCCCCCCCCCCC1=NC(C)(C)CO1. The van der Waals surface area contributed by atoms with Crippen LogP contribution in [0.5, 0.6) is 0 Å². The first-order valence-electron chi connectivity index (χ1n) is 10.1. The average Bonchev–Trinajstić information content (AvgIpc) is 2.90. The normalized spacial score (nSPS) is 16.9. The zero-order valence-electron chi connectivity index (χ0n) is 16.4. The Labute approximate surface area is 150 Å². The van der Waals surface area contributed by atoms with E-state index in [-0.39, 0.29) is 5.54 Å². The van der Waals surface area contributed by atoms with Crippen LogP contribution >= 0.6 is 0 Å². The summed E-state index contributed by atoms with van der Waals surface area (Å²) in [6.45, 7) is 7.11. The predicted octanol–water partition coefficient (Wildman–Crippen LogP) is 7.01. The first kappa shape index (κ1) is 21.0.